The third kappa shape index (κ3) is 3.20. The molecule has 0 amide bonds. The van der Waals surface area contributed by atoms with Crippen LogP contribution in [0.4, 0.5) is 0 Å². The topological polar surface area (TPSA) is 30.2 Å². The van der Waals surface area contributed by atoms with Crippen molar-refractivity contribution >= 4 is 59.9 Å². The molecule has 0 aliphatic rings. The Morgan fingerprint density at radius 3 is 1.83 bits per heavy atom. The van der Waals surface area contributed by atoms with Gasteiger partial charge in [-0.15, -0.1) is 0 Å². The molecule has 0 saturated carbocycles. The van der Waals surface area contributed by atoms with Crippen molar-refractivity contribution in [3.05, 3.63) is 140 Å². The molecule has 190 valence electrons. The summed E-state index contributed by atoms with van der Waals surface area (Å²) in [4.78, 5) is 10.5. The molecular formula is C38H23N3. The van der Waals surface area contributed by atoms with E-state index >= 15 is 0 Å². The van der Waals surface area contributed by atoms with E-state index < -0.39 is 0 Å². The summed E-state index contributed by atoms with van der Waals surface area (Å²) in [5, 5.41) is 8.36. The molecule has 3 aromatic heterocycles. The molecule has 9 aromatic rings. The molecule has 0 atom stereocenters. The first-order valence-electron chi connectivity index (χ1n) is 13.9. The smallest absolute Gasteiger partial charge is 0.137 e. The summed E-state index contributed by atoms with van der Waals surface area (Å²) in [7, 11) is 0. The van der Waals surface area contributed by atoms with Gasteiger partial charge in [0.2, 0.25) is 0 Å². The molecule has 0 bridgehead atoms. The maximum absolute atomic E-state index is 5.38. The van der Waals surface area contributed by atoms with Crippen molar-refractivity contribution < 1.29 is 0 Å². The molecule has 0 unspecified atom stereocenters. The quantitative estimate of drug-likeness (QED) is 0.212. The van der Waals surface area contributed by atoms with E-state index in [0.29, 0.717) is 0 Å². The zero-order chi connectivity index (χ0) is 26.9. The van der Waals surface area contributed by atoms with E-state index in [4.69, 9.17) is 9.97 Å². The van der Waals surface area contributed by atoms with Gasteiger partial charge in [-0.25, -0.2) is 9.97 Å². The second-order valence-corrected chi connectivity index (χ2v) is 10.6. The number of imidazole rings is 1. The van der Waals surface area contributed by atoms with E-state index in [9.17, 15) is 0 Å². The molecule has 0 saturated heterocycles. The first-order chi connectivity index (χ1) is 20.3. The zero-order valence-corrected chi connectivity index (χ0v) is 22.1. The van der Waals surface area contributed by atoms with E-state index in [1.54, 1.807) is 0 Å². The van der Waals surface area contributed by atoms with Crippen LogP contribution in [-0.4, -0.2) is 14.4 Å². The zero-order valence-electron chi connectivity index (χ0n) is 22.1. The lowest BCUT2D eigenvalue weighted by atomic mass is 9.86. The monoisotopic (exact) mass is 521 g/mol. The second-order valence-electron chi connectivity index (χ2n) is 10.6. The average Bonchev–Trinajstić information content (AvgIpc) is 3.43. The summed E-state index contributed by atoms with van der Waals surface area (Å²) < 4.78 is 2.19. The fraction of sp³-hybridized carbons (Fsp3) is 0. The van der Waals surface area contributed by atoms with Crippen molar-refractivity contribution in [2.45, 2.75) is 0 Å². The van der Waals surface area contributed by atoms with Gasteiger partial charge in [-0.2, -0.15) is 0 Å². The van der Waals surface area contributed by atoms with Gasteiger partial charge >= 0.3 is 0 Å². The number of hydrogen-bond donors (Lipinski definition) is 0. The van der Waals surface area contributed by atoms with Crippen LogP contribution in [0.2, 0.25) is 0 Å². The Morgan fingerprint density at radius 2 is 1.07 bits per heavy atom. The molecule has 0 N–H and O–H groups in total. The van der Waals surface area contributed by atoms with E-state index in [2.05, 4.69) is 138 Å². The van der Waals surface area contributed by atoms with Crippen molar-refractivity contribution in [3.8, 4) is 22.4 Å². The molecule has 3 heteroatoms. The van der Waals surface area contributed by atoms with Gasteiger partial charge in [0.1, 0.15) is 16.7 Å². The van der Waals surface area contributed by atoms with Crippen LogP contribution in [-0.2, 0) is 0 Å². The molecule has 0 spiro atoms. The van der Waals surface area contributed by atoms with Crippen LogP contribution < -0.4 is 0 Å². The van der Waals surface area contributed by atoms with Crippen molar-refractivity contribution in [1.82, 2.24) is 14.4 Å². The number of nitrogens with zero attached hydrogens (tertiary/aromatic N) is 3. The van der Waals surface area contributed by atoms with E-state index in [1.807, 2.05) is 6.07 Å². The van der Waals surface area contributed by atoms with Gasteiger partial charge in [0, 0.05) is 17.1 Å². The van der Waals surface area contributed by atoms with Gasteiger partial charge < -0.3 is 0 Å². The number of benzene rings is 6. The number of para-hydroxylation sites is 1. The highest BCUT2D eigenvalue weighted by atomic mass is 15.0. The number of fused-ring (bicyclic) bond motifs is 8. The summed E-state index contributed by atoms with van der Waals surface area (Å²) in [6.45, 7) is 0. The summed E-state index contributed by atoms with van der Waals surface area (Å²) in [5.41, 5.74) is 8.44. The molecule has 0 aliphatic heterocycles. The van der Waals surface area contributed by atoms with Crippen molar-refractivity contribution in [3.63, 3.8) is 0 Å². The van der Waals surface area contributed by atoms with Gasteiger partial charge in [-0.3, -0.25) is 4.40 Å². The van der Waals surface area contributed by atoms with Crippen molar-refractivity contribution in [2.24, 2.45) is 0 Å². The lowest BCUT2D eigenvalue weighted by Gasteiger charge is -2.18. The fourth-order valence-electron chi connectivity index (χ4n) is 6.57. The Bertz CT molecular complexity index is 2430. The van der Waals surface area contributed by atoms with Gasteiger partial charge in [-0.05, 0) is 67.7 Å². The number of pyridine rings is 2. The Balaban J connectivity index is 1.49. The molecule has 3 nitrogen and oxygen atoms in total. The Kier molecular flexibility index (Phi) is 4.61. The fourth-order valence-corrected chi connectivity index (χ4v) is 6.57. The largest absolute Gasteiger partial charge is 0.298 e. The number of aromatic nitrogens is 3. The van der Waals surface area contributed by atoms with Crippen LogP contribution in [0.5, 0.6) is 0 Å². The molecule has 0 radical (unpaired) electrons. The van der Waals surface area contributed by atoms with Crippen LogP contribution >= 0.6 is 0 Å². The molecule has 3 heterocycles. The normalized spacial score (nSPS) is 11.9. The third-order valence-electron chi connectivity index (χ3n) is 8.35. The minimum Gasteiger partial charge on any atom is -0.298 e. The molecular weight excluding hydrogens is 498 g/mol. The first-order valence-corrected chi connectivity index (χ1v) is 13.9. The minimum atomic E-state index is 0.920. The van der Waals surface area contributed by atoms with Crippen LogP contribution in [0.25, 0.3) is 82.3 Å². The second kappa shape index (κ2) is 8.48. The van der Waals surface area contributed by atoms with Crippen LogP contribution in [0.3, 0.4) is 0 Å². The Morgan fingerprint density at radius 1 is 0.463 bits per heavy atom. The number of rotatable bonds is 2. The maximum atomic E-state index is 5.38. The first kappa shape index (κ1) is 22.3. The standard InChI is InChI=1S/C38H23N3/c1-2-12-25-23-26(21-20-24(25)11-1)34-27-13-3-5-15-29(27)35(30-16-6-4-14-28(30)34)37-38-36(31-17-7-8-18-32(31)39-37)40-33-19-9-10-22-41(33)38/h1-23H. The molecule has 0 aliphatic carbocycles. The maximum Gasteiger partial charge on any atom is 0.137 e. The number of hydrogen-bond acceptors (Lipinski definition) is 2. The van der Waals surface area contributed by atoms with Gasteiger partial charge in [-0.1, -0.05) is 109 Å². The lowest BCUT2D eigenvalue weighted by Crippen LogP contribution is -1.96. The molecule has 6 aromatic carbocycles. The van der Waals surface area contributed by atoms with Gasteiger partial charge in [0.25, 0.3) is 0 Å². The van der Waals surface area contributed by atoms with Crippen LogP contribution in [0, 0.1) is 0 Å². The average molecular weight is 522 g/mol. The summed E-state index contributed by atoms with van der Waals surface area (Å²) in [5.74, 6) is 0. The highest BCUT2D eigenvalue weighted by molar-refractivity contribution is 6.24. The highest BCUT2D eigenvalue weighted by Crippen LogP contribution is 2.45. The van der Waals surface area contributed by atoms with Crippen LogP contribution in [0.15, 0.2) is 140 Å². The van der Waals surface area contributed by atoms with Gasteiger partial charge in [0.05, 0.1) is 11.2 Å². The lowest BCUT2D eigenvalue weighted by molar-refractivity contribution is 1.22. The summed E-state index contributed by atoms with van der Waals surface area (Å²) in [6.07, 6.45) is 2.10. The van der Waals surface area contributed by atoms with E-state index in [1.165, 1.54) is 43.4 Å². The summed E-state index contributed by atoms with van der Waals surface area (Å²) in [6, 6.07) is 47.4. The SMILES string of the molecule is c1ccc2cc(-c3c4ccccc4c(-c4nc5ccccc5c5nc6ccccn6c45)c4ccccc34)ccc2c1. The van der Waals surface area contributed by atoms with Crippen molar-refractivity contribution in [2.75, 3.05) is 0 Å². The highest BCUT2D eigenvalue weighted by Gasteiger charge is 2.22. The molecule has 41 heavy (non-hydrogen) atoms. The molecule has 0 fully saturated rings. The van der Waals surface area contributed by atoms with E-state index in [-0.39, 0.29) is 0 Å². The van der Waals surface area contributed by atoms with Crippen molar-refractivity contribution in [1.29, 1.82) is 0 Å². The van der Waals surface area contributed by atoms with E-state index in [0.717, 1.165) is 38.8 Å². The Labute approximate surface area is 236 Å². The van der Waals surface area contributed by atoms with Crippen LogP contribution in [0.1, 0.15) is 0 Å². The Hall–Kier alpha value is -5.54. The predicted octanol–water partition coefficient (Wildman–Crippen LogP) is 9.83. The van der Waals surface area contributed by atoms with Gasteiger partial charge in [0.15, 0.2) is 0 Å². The third-order valence-corrected chi connectivity index (χ3v) is 8.35. The molecule has 9 rings (SSSR count). The minimum absolute atomic E-state index is 0.920. The predicted molar refractivity (Wildman–Crippen MR) is 171 cm³/mol. The summed E-state index contributed by atoms with van der Waals surface area (Å²) >= 11 is 0.